The van der Waals surface area contributed by atoms with E-state index in [1.165, 1.54) is 0 Å². The normalized spacial score (nSPS) is 17.6. The molecule has 31 heavy (non-hydrogen) atoms. The monoisotopic (exact) mass is 427 g/mol. The topological polar surface area (TPSA) is 63.1 Å². The van der Waals surface area contributed by atoms with Gasteiger partial charge in [0.1, 0.15) is 5.75 Å². The van der Waals surface area contributed by atoms with Crippen molar-refractivity contribution in [3.05, 3.63) is 45.9 Å². The van der Waals surface area contributed by atoms with Crippen LogP contribution >= 0.6 is 0 Å². The van der Waals surface area contributed by atoms with Gasteiger partial charge < -0.3 is 9.47 Å². The molecule has 3 heterocycles. The number of anilines is 2. The highest BCUT2D eigenvalue weighted by Crippen LogP contribution is 2.34. The van der Waals surface area contributed by atoms with Crippen LogP contribution in [0, 0.1) is 6.92 Å². The van der Waals surface area contributed by atoms with Crippen molar-refractivity contribution in [2.45, 2.75) is 33.4 Å². The van der Waals surface area contributed by atoms with E-state index in [0.29, 0.717) is 25.7 Å². The fourth-order valence-corrected chi connectivity index (χ4v) is 4.46. The second-order valence-corrected chi connectivity index (χ2v) is 8.15. The summed E-state index contributed by atoms with van der Waals surface area (Å²) in [5.74, 6) is 1.46. The van der Waals surface area contributed by atoms with Gasteiger partial charge in [0.2, 0.25) is 5.95 Å². The minimum absolute atomic E-state index is 0.0581. The molecule has 1 fully saturated rings. The molecule has 0 radical (unpaired) electrons. The van der Waals surface area contributed by atoms with Gasteiger partial charge in [-0.05, 0) is 38.4 Å². The van der Waals surface area contributed by atoms with E-state index in [0.717, 1.165) is 68.5 Å². The number of rotatable bonds is 7. The van der Waals surface area contributed by atoms with Crippen LogP contribution in [-0.2, 0) is 17.8 Å². The minimum atomic E-state index is 0.0581. The lowest BCUT2D eigenvalue weighted by Crippen LogP contribution is -2.48. The standard InChI is InChI=1S/C23H33N5O3/c1-4-19-18(2)24-23-27(20-8-5-6-9-21(20)30-3)16-26(17-28(23)22(19)29)11-7-10-25-12-14-31-15-13-25/h5-6,8-9H,4,7,10-17H2,1-3H3. The predicted molar refractivity (Wildman–Crippen MR) is 121 cm³/mol. The average molecular weight is 428 g/mol. The van der Waals surface area contributed by atoms with Crippen molar-refractivity contribution in [1.29, 1.82) is 0 Å². The van der Waals surface area contributed by atoms with Crippen molar-refractivity contribution in [2.24, 2.45) is 0 Å². The third-order valence-electron chi connectivity index (χ3n) is 6.16. The van der Waals surface area contributed by atoms with Crippen LogP contribution in [-0.4, -0.2) is 72.5 Å². The number of fused-ring (bicyclic) bond motifs is 1. The SMILES string of the molecule is CCc1c(C)nc2n(c1=O)CN(CCCN1CCOCC1)CN2c1ccccc1OC. The van der Waals surface area contributed by atoms with Gasteiger partial charge >= 0.3 is 0 Å². The maximum atomic E-state index is 13.3. The number of hydrogen-bond donors (Lipinski definition) is 0. The van der Waals surface area contributed by atoms with Gasteiger partial charge in [-0.3, -0.25) is 24.1 Å². The van der Waals surface area contributed by atoms with Gasteiger partial charge in [0.25, 0.3) is 5.56 Å². The quantitative estimate of drug-likeness (QED) is 0.671. The summed E-state index contributed by atoms with van der Waals surface area (Å²) in [5, 5.41) is 0. The highest BCUT2D eigenvalue weighted by atomic mass is 16.5. The fraction of sp³-hybridized carbons (Fsp3) is 0.565. The maximum absolute atomic E-state index is 13.3. The van der Waals surface area contributed by atoms with Crippen molar-refractivity contribution in [3.63, 3.8) is 0 Å². The largest absolute Gasteiger partial charge is 0.495 e. The number of methoxy groups -OCH3 is 1. The van der Waals surface area contributed by atoms with Crippen molar-refractivity contribution >= 4 is 11.6 Å². The highest BCUT2D eigenvalue weighted by molar-refractivity contribution is 5.66. The first kappa shape index (κ1) is 21.8. The summed E-state index contributed by atoms with van der Waals surface area (Å²) < 4.78 is 12.9. The Morgan fingerprint density at radius 1 is 1.10 bits per heavy atom. The zero-order valence-electron chi connectivity index (χ0n) is 18.8. The van der Waals surface area contributed by atoms with Gasteiger partial charge in [0.15, 0.2) is 0 Å². The van der Waals surface area contributed by atoms with Crippen LogP contribution in [0.3, 0.4) is 0 Å². The van der Waals surface area contributed by atoms with Crippen LogP contribution in [0.15, 0.2) is 29.1 Å². The summed E-state index contributed by atoms with van der Waals surface area (Å²) in [5.41, 5.74) is 2.58. The molecule has 0 N–H and O–H groups in total. The molecule has 1 aromatic heterocycles. The number of hydrogen-bond acceptors (Lipinski definition) is 7. The van der Waals surface area contributed by atoms with Gasteiger partial charge in [-0.2, -0.15) is 0 Å². The number of morpholine rings is 1. The molecule has 4 rings (SSSR count). The Bertz CT molecular complexity index is 955. The van der Waals surface area contributed by atoms with Crippen LogP contribution in [0.5, 0.6) is 5.75 Å². The second kappa shape index (κ2) is 9.80. The molecular weight excluding hydrogens is 394 g/mol. The molecule has 0 bridgehead atoms. The first-order valence-electron chi connectivity index (χ1n) is 11.2. The molecule has 2 aromatic rings. The molecule has 0 atom stereocenters. The number of aromatic nitrogens is 2. The van der Waals surface area contributed by atoms with Crippen molar-refractivity contribution in [3.8, 4) is 5.75 Å². The molecule has 1 saturated heterocycles. The summed E-state index contributed by atoms with van der Waals surface area (Å²) in [6, 6.07) is 7.92. The Kier molecular flexibility index (Phi) is 6.89. The van der Waals surface area contributed by atoms with Gasteiger partial charge in [0, 0.05) is 30.9 Å². The number of para-hydroxylation sites is 2. The van der Waals surface area contributed by atoms with Crippen LogP contribution in [0.1, 0.15) is 24.6 Å². The summed E-state index contributed by atoms with van der Waals surface area (Å²) in [7, 11) is 1.68. The average Bonchev–Trinajstić information content (AvgIpc) is 2.80. The number of aryl methyl sites for hydroxylation is 1. The molecule has 0 saturated carbocycles. The lowest BCUT2D eigenvalue weighted by molar-refractivity contribution is 0.0354. The van der Waals surface area contributed by atoms with Crippen LogP contribution in [0.2, 0.25) is 0 Å². The molecule has 8 heteroatoms. The Hall–Kier alpha value is -2.42. The minimum Gasteiger partial charge on any atom is -0.495 e. The molecule has 0 spiro atoms. The van der Waals surface area contributed by atoms with E-state index in [1.807, 2.05) is 42.7 Å². The lowest BCUT2D eigenvalue weighted by atomic mass is 10.2. The zero-order valence-corrected chi connectivity index (χ0v) is 18.8. The number of ether oxygens (including phenoxy) is 2. The van der Waals surface area contributed by atoms with E-state index in [-0.39, 0.29) is 5.56 Å². The fourth-order valence-electron chi connectivity index (χ4n) is 4.46. The molecule has 2 aliphatic rings. The van der Waals surface area contributed by atoms with Crippen molar-refractivity contribution < 1.29 is 9.47 Å². The maximum Gasteiger partial charge on any atom is 0.259 e. The lowest BCUT2D eigenvalue weighted by Gasteiger charge is -2.39. The van der Waals surface area contributed by atoms with E-state index >= 15 is 0 Å². The highest BCUT2D eigenvalue weighted by Gasteiger charge is 2.29. The van der Waals surface area contributed by atoms with Crippen molar-refractivity contribution in [2.75, 3.05) is 58.1 Å². The molecular formula is C23H33N5O3. The molecule has 0 amide bonds. The molecule has 1 aromatic carbocycles. The van der Waals surface area contributed by atoms with Crippen LogP contribution < -0.4 is 15.2 Å². The van der Waals surface area contributed by atoms with Gasteiger partial charge in [-0.15, -0.1) is 0 Å². The van der Waals surface area contributed by atoms with E-state index in [9.17, 15) is 4.79 Å². The Balaban J connectivity index is 1.62. The first-order valence-corrected chi connectivity index (χ1v) is 11.2. The first-order chi connectivity index (χ1) is 15.1. The van der Waals surface area contributed by atoms with Crippen LogP contribution in [0.25, 0.3) is 0 Å². The number of nitrogens with zero attached hydrogens (tertiary/aromatic N) is 5. The van der Waals surface area contributed by atoms with Gasteiger partial charge in [-0.1, -0.05) is 19.1 Å². The summed E-state index contributed by atoms with van der Waals surface area (Å²) in [4.78, 5) is 25.0. The zero-order chi connectivity index (χ0) is 21.8. The van der Waals surface area contributed by atoms with E-state index in [1.54, 1.807) is 7.11 Å². The van der Waals surface area contributed by atoms with E-state index in [4.69, 9.17) is 14.5 Å². The van der Waals surface area contributed by atoms with Crippen LogP contribution in [0.4, 0.5) is 11.6 Å². The number of benzene rings is 1. The smallest absolute Gasteiger partial charge is 0.259 e. The summed E-state index contributed by atoms with van der Waals surface area (Å²) >= 11 is 0. The summed E-state index contributed by atoms with van der Waals surface area (Å²) in [6.07, 6.45) is 1.73. The molecule has 8 nitrogen and oxygen atoms in total. The Labute approximate surface area is 184 Å². The second-order valence-electron chi connectivity index (χ2n) is 8.15. The summed E-state index contributed by atoms with van der Waals surface area (Å²) in [6.45, 7) is 10.8. The molecule has 168 valence electrons. The molecule has 0 aliphatic carbocycles. The third-order valence-corrected chi connectivity index (χ3v) is 6.16. The van der Waals surface area contributed by atoms with Gasteiger partial charge in [-0.25, -0.2) is 4.98 Å². The Morgan fingerprint density at radius 3 is 2.58 bits per heavy atom. The van der Waals surface area contributed by atoms with Gasteiger partial charge in [0.05, 0.1) is 39.3 Å². The molecule has 2 aliphatic heterocycles. The predicted octanol–water partition coefficient (Wildman–Crippen LogP) is 2.21. The van der Waals surface area contributed by atoms with Crippen molar-refractivity contribution in [1.82, 2.24) is 19.4 Å². The van der Waals surface area contributed by atoms with E-state index in [2.05, 4.69) is 14.7 Å². The third kappa shape index (κ3) is 4.61. The van der Waals surface area contributed by atoms with E-state index < -0.39 is 0 Å². The molecule has 0 unspecified atom stereocenters. The Morgan fingerprint density at radius 2 is 1.84 bits per heavy atom.